The number of amides is 1. The molecular weight excluding hydrogens is 434 g/mol. The number of hydrogen-bond donors (Lipinski definition) is 2. The van der Waals surface area contributed by atoms with Crippen molar-refractivity contribution in [3.8, 4) is 11.8 Å². The molecule has 0 unspecified atom stereocenters. The minimum Gasteiger partial charge on any atom is -0.497 e. The molecule has 0 saturated carbocycles. The lowest BCUT2D eigenvalue weighted by atomic mass is 9.76. The molecule has 1 atom stereocenters. The average molecular weight is 460 g/mol. The first-order chi connectivity index (χ1) is 16.0. The maximum absolute atomic E-state index is 12.9. The van der Waals surface area contributed by atoms with Crippen LogP contribution in [0.15, 0.2) is 70.4 Å². The molecule has 1 amide bonds. The number of nitrogens with zero attached hydrogens (tertiary/aromatic N) is 1. The van der Waals surface area contributed by atoms with Gasteiger partial charge in [0.25, 0.3) is 0 Å². The van der Waals surface area contributed by atoms with E-state index in [2.05, 4.69) is 16.7 Å². The predicted octanol–water partition coefficient (Wildman–Crippen LogP) is 4.80. The van der Waals surface area contributed by atoms with E-state index in [-0.39, 0.29) is 17.4 Å². The van der Waals surface area contributed by atoms with Gasteiger partial charge in [-0.3, -0.25) is 9.59 Å². The molecule has 0 radical (unpaired) electrons. The van der Waals surface area contributed by atoms with Crippen molar-refractivity contribution in [2.45, 2.75) is 32.1 Å². The van der Waals surface area contributed by atoms with Crippen LogP contribution in [0.5, 0.6) is 5.75 Å². The van der Waals surface area contributed by atoms with Crippen LogP contribution in [-0.4, -0.2) is 24.6 Å². The quantitative estimate of drug-likeness (QED) is 0.645. The van der Waals surface area contributed by atoms with Crippen LogP contribution in [0.4, 0.5) is 5.69 Å². The molecular formula is C26H25N3O3S. The number of benzene rings is 2. The summed E-state index contributed by atoms with van der Waals surface area (Å²) in [6.07, 6.45) is 2.02. The van der Waals surface area contributed by atoms with Gasteiger partial charge in [-0.05, 0) is 43.0 Å². The van der Waals surface area contributed by atoms with E-state index in [1.807, 2.05) is 43.3 Å². The Morgan fingerprint density at radius 3 is 2.82 bits per heavy atom. The summed E-state index contributed by atoms with van der Waals surface area (Å²) < 4.78 is 5.20. The van der Waals surface area contributed by atoms with Gasteiger partial charge in [-0.25, -0.2) is 0 Å². The lowest BCUT2D eigenvalue weighted by Crippen LogP contribution is -2.32. The van der Waals surface area contributed by atoms with Crippen LogP contribution in [0.25, 0.3) is 0 Å². The number of rotatable bonds is 6. The van der Waals surface area contributed by atoms with Crippen molar-refractivity contribution in [1.29, 1.82) is 5.26 Å². The Morgan fingerprint density at radius 1 is 1.24 bits per heavy atom. The first kappa shape index (κ1) is 22.7. The fourth-order valence-electron chi connectivity index (χ4n) is 4.29. The number of nitrogens with one attached hydrogen (secondary N) is 2. The lowest BCUT2D eigenvalue weighted by molar-refractivity contribution is -0.116. The van der Waals surface area contributed by atoms with Gasteiger partial charge in [0.1, 0.15) is 5.75 Å². The summed E-state index contributed by atoms with van der Waals surface area (Å²) in [6, 6.07) is 17.3. The second kappa shape index (κ2) is 9.97. The number of dihydropyridines is 1. The van der Waals surface area contributed by atoms with E-state index in [9.17, 15) is 14.9 Å². The first-order valence-corrected chi connectivity index (χ1v) is 11.8. The van der Waals surface area contributed by atoms with Gasteiger partial charge in [0.15, 0.2) is 5.78 Å². The van der Waals surface area contributed by atoms with E-state index in [4.69, 9.17) is 4.74 Å². The second-order valence-electron chi connectivity index (χ2n) is 8.01. The van der Waals surface area contributed by atoms with Crippen LogP contribution < -0.4 is 15.4 Å². The zero-order valence-electron chi connectivity index (χ0n) is 18.6. The Balaban J connectivity index is 1.61. The number of ketones is 1. The predicted molar refractivity (Wildman–Crippen MR) is 130 cm³/mol. The van der Waals surface area contributed by atoms with Gasteiger partial charge in [0, 0.05) is 29.4 Å². The Morgan fingerprint density at radius 2 is 2.06 bits per heavy atom. The minimum atomic E-state index is -0.413. The highest BCUT2D eigenvalue weighted by molar-refractivity contribution is 8.03. The topological polar surface area (TPSA) is 91.2 Å². The van der Waals surface area contributed by atoms with Crippen molar-refractivity contribution in [2.24, 2.45) is 0 Å². The normalized spacial score (nSPS) is 17.7. The van der Waals surface area contributed by atoms with Crippen molar-refractivity contribution >= 4 is 29.1 Å². The fraction of sp³-hybridized carbons (Fsp3) is 0.269. The Bertz CT molecular complexity index is 1210. The van der Waals surface area contributed by atoms with Crippen LogP contribution in [0.2, 0.25) is 0 Å². The highest BCUT2D eigenvalue weighted by Gasteiger charge is 2.37. The Hall–Kier alpha value is -3.50. The Labute approximate surface area is 197 Å². The van der Waals surface area contributed by atoms with E-state index in [1.54, 1.807) is 19.2 Å². The van der Waals surface area contributed by atoms with Gasteiger partial charge in [-0.1, -0.05) is 42.1 Å². The standard InChI is InChI=1S/C26H25N3O3S/c1-16-7-3-4-10-19(16)24-20(14-27)26(29-21-11-6-12-22(30)25(21)24)33-15-23(31)28-17-8-5-9-18(13-17)32-2/h3-5,7-10,13,24,29H,6,11-12,15H2,1-2H3,(H,28,31)/t24-/m1/s1. The number of aryl methyl sites for hydroxylation is 1. The number of carbonyl (C=O) groups excluding carboxylic acids is 2. The lowest BCUT2D eigenvalue weighted by Gasteiger charge is -2.33. The smallest absolute Gasteiger partial charge is 0.234 e. The maximum atomic E-state index is 12.9. The minimum absolute atomic E-state index is 0.0876. The molecule has 1 aliphatic carbocycles. The second-order valence-corrected chi connectivity index (χ2v) is 8.99. The van der Waals surface area contributed by atoms with E-state index in [0.717, 1.165) is 29.7 Å². The van der Waals surface area contributed by atoms with Crippen molar-refractivity contribution in [3.63, 3.8) is 0 Å². The van der Waals surface area contributed by atoms with Crippen molar-refractivity contribution < 1.29 is 14.3 Å². The number of carbonyl (C=O) groups is 2. The number of methoxy groups -OCH3 is 1. The molecule has 1 aliphatic heterocycles. The third kappa shape index (κ3) is 4.81. The summed E-state index contributed by atoms with van der Waals surface area (Å²) in [5, 5.41) is 16.9. The van der Waals surface area contributed by atoms with Crippen molar-refractivity contribution in [3.05, 3.63) is 81.5 Å². The molecule has 2 aromatic carbocycles. The number of thioether (sulfide) groups is 1. The average Bonchev–Trinajstić information content (AvgIpc) is 2.82. The number of anilines is 1. The molecule has 0 spiro atoms. The summed E-state index contributed by atoms with van der Waals surface area (Å²) >= 11 is 1.29. The molecule has 0 aromatic heterocycles. The van der Waals surface area contributed by atoms with E-state index in [0.29, 0.717) is 34.0 Å². The maximum Gasteiger partial charge on any atom is 0.234 e. The highest BCUT2D eigenvalue weighted by atomic mass is 32.2. The zero-order valence-corrected chi connectivity index (χ0v) is 19.4. The monoisotopic (exact) mass is 459 g/mol. The molecule has 2 aliphatic rings. The van der Waals surface area contributed by atoms with Gasteiger partial charge in [-0.2, -0.15) is 5.26 Å². The molecule has 2 N–H and O–H groups in total. The largest absolute Gasteiger partial charge is 0.497 e. The van der Waals surface area contributed by atoms with Crippen LogP contribution in [0.1, 0.15) is 36.3 Å². The van der Waals surface area contributed by atoms with Crippen LogP contribution >= 0.6 is 11.8 Å². The van der Waals surface area contributed by atoms with E-state index < -0.39 is 5.92 Å². The van der Waals surface area contributed by atoms with Gasteiger partial charge < -0.3 is 15.4 Å². The molecule has 6 nitrogen and oxygen atoms in total. The number of allylic oxidation sites excluding steroid dienone is 3. The SMILES string of the molecule is COc1cccc(NC(=O)CSC2=C(C#N)[C@@H](c3ccccc3C)C3=C(CCCC3=O)N2)c1. The molecule has 7 heteroatoms. The summed E-state index contributed by atoms with van der Waals surface area (Å²) in [6.45, 7) is 1.99. The fourth-order valence-corrected chi connectivity index (χ4v) is 5.16. The summed E-state index contributed by atoms with van der Waals surface area (Å²) in [4.78, 5) is 25.5. The summed E-state index contributed by atoms with van der Waals surface area (Å²) in [5.74, 6) is 0.272. The molecule has 0 fully saturated rings. The zero-order chi connectivity index (χ0) is 23.4. The number of hydrogen-bond acceptors (Lipinski definition) is 6. The number of Topliss-reactive ketones (excluding diaryl/α,β-unsaturated/α-hetero) is 1. The van der Waals surface area contributed by atoms with Crippen molar-refractivity contribution in [1.82, 2.24) is 5.32 Å². The molecule has 4 rings (SSSR count). The number of ether oxygens (including phenoxy) is 1. The van der Waals surface area contributed by atoms with Gasteiger partial charge in [-0.15, -0.1) is 0 Å². The molecule has 0 bridgehead atoms. The molecule has 33 heavy (non-hydrogen) atoms. The third-order valence-electron chi connectivity index (χ3n) is 5.86. The van der Waals surface area contributed by atoms with Crippen LogP contribution in [0, 0.1) is 18.3 Å². The van der Waals surface area contributed by atoms with Gasteiger partial charge in [0.2, 0.25) is 5.91 Å². The molecule has 168 valence electrons. The van der Waals surface area contributed by atoms with Crippen LogP contribution in [-0.2, 0) is 9.59 Å². The van der Waals surface area contributed by atoms with E-state index >= 15 is 0 Å². The molecule has 2 aromatic rings. The van der Waals surface area contributed by atoms with Crippen LogP contribution in [0.3, 0.4) is 0 Å². The third-order valence-corrected chi connectivity index (χ3v) is 6.88. The van der Waals surface area contributed by atoms with E-state index in [1.165, 1.54) is 11.8 Å². The molecule has 1 heterocycles. The number of nitriles is 1. The van der Waals surface area contributed by atoms with Crippen molar-refractivity contribution in [2.75, 3.05) is 18.2 Å². The van der Waals surface area contributed by atoms with Gasteiger partial charge in [0.05, 0.1) is 35.5 Å². The highest BCUT2D eigenvalue weighted by Crippen LogP contribution is 2.44. The van der Waals surface area contributed by atoms with Gasteiger partial charge >= 0.3 is 0 Å². The Kier molecular flexibility index (Phi) is 6.85. The first-order valence-electron chi connectivity index (χ1n) is 10.8. The molecule has 0 saturated heterocycles. The summed E-state index contributed by atoms with van der Waals surface area (Å²) in [7, 11) is 1.57. The summed E-state index contributed by atoms with van der Waals surface area (Å²) in [5.41, 5.74) is 4.68.